The Labute approximate surface area is 209 Å². The number of Topliss-reactive ketones (excluding diaryl/α,β-unsaturated/α-hetero) is 4. The zero-order valence-corrected chi connectivity index (χ0v) is 20.3. The fraction of sp³-hybridized carbons (Fsp3) is 0.500. The number of halogens is 1. The Balaban J connectivity index is 1.85. The maximum Gasteiger partial charge on any atom is 0.320 e. The Kier molecular flexibility index (Phi) is 6.14. The van der Waals surface area contributed by atoms with Crippen molar-refractivity contribution in [1.29, 1.82) is 0 Å². The molecule has 6 atom stereocenters. The summed E-state index contributed by atoms with van der Waals surface area (Å²) in [6.45, 7) is 0. The molecule has 2 unspecified atom stereocenters. The zero-order chi connectivity index (χ0) is 26.9. The summed E-state index contributed by atoms with van der Waals surface area (Å²) in [5.74, 6) is -12.4. The van der Waals surface area contributed by atoms with E-state index < -0.39 is 82.0 Å². The molecule has 6 N–H and O–H groups in total. The summed E-state index contributed by atoms with van der Waals surface area (Å²) >= 11 is 6.27. The average molecular weight is 522 g/mol. The third-order valence-electron chi connectivity index (χ3n) is 7.33. The zero-order valence-electron chi connectivity index (χ0n) is 19.5. The van der Waals surface area contributed by atoms with Gasteiger partial charge in [-0.2, -0.15) is 0 Å². The number of nitrogens with zero attached hydrogens (tertiary/aromatic N) is 2. The number of aromatic nitrogens is 1. The smallest absolute Gasteiger partial charge is 0.320 e. The normalized spacial score (nSPS) is 31.4. The number of urea groups is 1. The number of primary amides is 1. The Morgan fingerprint density at radius 3 is 2.39 bits per heavy atom. The number of likely N-dealkylation sites (N-methyl/N-ethyl adjacent to an activating group) is 1. The molecule has 14 heteroatoms. The van der Waals surface area contributed by atoms with Crippen LogP contribution in [0.3, 0.4) is 0 Å². The molecule has 0 saturated heterocycles. The van der Waals surface area contributed by atoms with E-state index in [0.717, 1.165) is 0 Å². The summed E-state index contributed by atoms with van der Waals surface area (Å²) in [7, 11) is 4.30. The first-order chi connectivity index (χ1) is 16.8. The quantitative estimate of drug-likeness (QED) is 0.233. The van der Waals surface area contributed by atoms with Gasteiger partial charge in [-0.3, -0.25) is 34.2 Å². The van der Waals surface area contributed by atoms with Crippen LogP contribution in [0.25, 0.3) is 0 Å². The molecule has 0 aliphatic heterocycles. The number of carbonyl (C=O) groups is 6. The van der Waals surface area contributed by atoms with Gasteiger partial charge in [0, 0.05) is 18.5 Å². The molecule has 13 nitrogen and oxygen atoms in total. The minimum atomic E-state index is -2.83. The highest BCUT2D eigenvalue weighted by molar-refractivity contribution is 6.34. The number of rotatable bonds is 3. The van der Waals surface area contributed by atoms with Crippen LogP contribution < -0.4 is 16.4 Å². The highest BCUT2D eigenvalue weighted by Crippen LogP contribution is 2.51. The number of nitrogens with one attached hydrogen (secondary N) is 2. The van der Waals surface area contributed by atoms with E-state index in [0.29, 0.717) is 0 Å². The largest absolute Gasteiger partial charge is 0.504 e. The molecule has 36 heavy (non-hydrogen) atoms. The maximum absolute atomic E-state index is 13.7. The first-order valence-electron chi connectivity index (χ1n) is 11.0. The lowest BCUT2D eigenvalue weighted by Crippen LogP contribution is -2.74. The van der Waals surface area contributed by atoms with Crippen molar-refractivity contribution in [2.45, 2.75) is 24.5 Å². The Morgan fingerprint density at radius 1 is 1.19 bits per heavy atom. The minimum Gasteiger partial charge on any atom is -0.504 e. The van der Waals surface area contributed by atoms with Crippen molar-refractivity contribution in [2.24, 2.45) is 29.4 Å². The predicted molar refractivity (Wildman–Crippen MR) is 122 cm³/mol. The third-order valence-corrected chi connectivity index (χ3v) is 7.65. The molecule has 4 rings (SSSR count). The first-order valence-corrected chi connectivity index (χ1v) is 11.4. The summed E-state index contributed by atoms with van der Waals surface area (Å²) in [6, 6.07) is -1.96. The molecule has 1 heterocycles. The van der Waals surface area contributed by atoms with E-state index in [1.165, 1.54) is 26.0 Å². The van der Waals surface area contributed by atoms with Gasteiger partial charge < -0.3 is 21.3 Å². The number of ketones is 4. The number of hydrogen-bond donors (Lipinski definition) is 5. The second-order valence-corrected chi connectivity index (χ2v) is 9.80. The van der Waals surface area contributed by atoms with Crippen LogP contribution in [-0.2, 0) is 25.6 Å². The van der Waals surface area contributed by atoms with Gasteiger partial charge in [-0.15, -0.1) is 0 Å². The molecule has 2 fully saturated rings. The number of pyridine rings is 1. The molecule has 0 spiro atoms. The highest BCUT2D eigenvalue weighted by Gasteiger charge is 2.69. The van der Waals surface area contributed by atoms with Crippen LogP contribution in [0.1, 0.15) is 22.3 Å². The highest BCUT2D eigenvalue weighted by atomic mass is 35.5. The van der Waals surface area contributed by atoms with Gasteiger partial charge in [0.2, 0.25) is 5.91 Å². The van der Waals surface area contributed by atoms with Crippen molar-refractivity contribution < 1.29 is 39.0 Å². The van der Waals surface area contributed by atoms with Gasteiger partial charge >= 0.3 is 6.03 Å². The van der Waals surface area contributed by atoms with Crippen LogP contribution in [0.2, 0.25) is 5.15 Å². The van der Waals surface area contributed by atoms with Gasteiger partial charge in [-0.1, -0.05) is 11.6 Å². The molecule has 192 valence electrons. The van der Waals surface area contributed by atoms with Crippen molar-refractivity contribution in [1.82, 2.24) is 15.2 Å². The molecule has 2 saturated carbocycles. The van der Waals surface area contributed by atoms with Crippen molar-refractivity contribution >= 4 is 52.5 Å². The molecular formula is C22H24ClN5O8. The molecule has 0 radical (unpaired) electrons. The number of aliphatic hydroxyl groups is 1. The molecule has 3 aliphatic carbocycles. The second kappa shape index (κ2) is 8.61. The fourth-order valence-electron chi connectivity index (χ4n) is 5.77. The standard InChI is InChI=1S/C22H24ClN5O8/c1-25-21(35)27-20-15(31)10-7(18(23)26-20)4-6-5-8-12(28(2)3)14(30)11(19(24)34)17(33)22(8,36)16(32)9(6)13(10)29/h6,8-9,11-12,31,36H,4-5H2,1-3H3,(H2,24,34)(H2,25,26,27,35)/t6-,8-,9?,11?,12-,22-/m0/s1. The molecule has 1 aromatic heterocycles. The maximum atomic E-state index is 13.7. The predicted octanol–water partition coefficient (Wildman–Crippen LogP) is -1.33. The lowest BCUT2D eigenvalue weighted by Gasteiger charge is -2.52. The lowest BCUT2D eigenvalue weighted by atomic mass is 9.52. The lowest BCUT2D eigenvalue weighted by molar-refractivity contribution is -0.181. The van der Waals surface area contributed by atoms with Crippen LogP contribution in [0.5, 0.6) is 5.75 Å². The number of aromatic hydroxyl groups is 1. The van der Waals surface area contributed by atoms with E-state index in [9.17, 15) is 39.0 Å². The SMILES string of the molecule is CNC(=O)Nc1nc(Cl)c2c(c1O)C(=O)C1C(=O)[C@]3(O)C(=O)C(C(N)=O)C(=O)[C@@H](N(C)C)[C@@H]3C[C@@H]1C2. The number of hydrogen-bond acceptors (Lipinski definition) is 10. The fourth-order valence-corrected chi connectivity index (χ4v) is 6.03. The monoisotopic (exact) mass is 521 g/mol. The molecule has 1 aromatic rings. The summed E-state index contributed by atoms with van der Waals surface area (Å²) in [5.41, 5.74) is 2.22. The van der Waals surface area contributed by atoms with Crippen molar-refractivity contribution in [3.8, 4) is 5.75 Å². The van der Waals surface area contributed by atoms with E-state index in [4.69, 9.17) is 17.3 Å². The number of fused-ring (bicyclic) bond motifs is 3. The molecule has 0 aromatic carbocycles. The third kappa shape index (κ3) is 3.41. The summed E-state index contributed by atoms with van der Waals surface area (Å²) < 4.78 is 0. The van der Waals surface area contributed by atoms with E-state index in [1.54, 1.807) is 0 Å². The van der Waals surface area contributed by atoms with E-state index in [1.807, 2.05) is 0 Å². The van der Waals surface area contributed by atoms with Crippen LogP contribution in [0, 0.1) is 23.7 Å². The van der Waals surface area contributed by atoms with Gasteiger partial charge in [0.1, 0.15) is 5.15 Å². The van der Waals surface area contributed by atoms with Crippen LogP contribution in [-0.4, -0.2) is 88.0 Å². The minimum absolute atomic E-state index is 0.0362. The number of amides is 3. The molecule has 3 aliphatic rings. The van der Waals surface area contributed by atoms with Gasteiger partial charge in [0.15, 0.2) is 46.2 Å². The average Bonchev–Trinajstić information content (AvgIpc) is 2.79. The number of carbonyl (C=O) groups excluding carboxylic acids is 6. The first kappa shape index (κ1) is 25.7. The van der Waals surface area contributed by atoms with Crippen LogP contribution >= 0.6 is 11.6 Å². The number of nitrogens with two attached hydrogens (primary N) is 1. The van der Waals surface area contributed by atoms with E-state index in [2.05, 4.69) is 15.6 Å². The second-order valence-electron chi connectivity index (χ2n) is 9.45. The topological polar surface area (TPSA) is 209 Å². The van der Waals surface area contributed by atoms with E-state index in [-0.39, 0.29) is 29.1 Å². The Bertz CT molecular complexity index is 1250. The van der Waals surface area contributed by atoms with E-state index >= 15 is 0 Å². The van der Waals surface area contributed by atoms with Crippen molar-refractivity contribution in [3.63, 3.8) is 0 Å². The Morgan fingerprint density at radius 2 is 1.83 bits per heavy atom. The van der Waals surface area contributed by atoms with Crippen molar-refractivity contribution in [2.75, 3.05) is 26.5 Å². The summed E-state index contributed by atoms with van der Waals surface area (Å²) in [5, 5.41) is 26.5. The van der Waals surface area contributed by atoms with Gasteiger partial charge in [0.05, 0.1) is 17.5 Å². The molecule has 3 amide bonds. The molecule has 0 bridgehead atoms. The van der Waals surface area contributed by atoms with Crippen LogP contribution in [0.4, 0.5) is 10.6 Å². The van der Waals surface area contributed by atoms with Crippen molar-refractivity contribution in [3.05, 3.63) is 16.3 Å². The van der Waals surface area contributed by atoms with Gasteiger partial charge in [0.25, 0.3) is 0 Å². The summed E-state index contributed by atoms with van der Waals surface area (Å²) in [4.78, 5) is 82.6. The Hall–Kier alpha value is -3.42. The van der Waals surface area contributed by atoms with Gasteiger partial charge in [-0.25, -0.2) is 9.78 Å². The van der Waals surface area contributed by atoms with Crippen LogP contribution in [0.15, 0.2) is 0 Å². The molecular weight excluding hydrogens is 498 g/mol. The van der Waals surface area contributed by atoms with Gasteiger partial charge in [-0.05, 0) is 32.9 Å². The summed E-state index contributed by atoms with van der Waals surface area (Å²) in [6.07, 6.45) is -0.148. The number of anilines is 1.